The molecular formula is C17H28N2O2. The van der Waals surface area contributed by atoms with Crippen molar-refractivity contribution in [3.63, 3.8) is 0 Å². The standard InChI is InChI=1S/C17H28N2O2/c1-15-4-6-16(7-5-15)21-13-12-18-8-10-19(11-9-18)14-17(2,3)20/h4-7,20H,8-14H2,1-3H3. The van der Waals surface area contributed by atoms with Gasteiger partial charge < -0.3 is 9.84 Å². The summed E-state index contributed by atoms with van der Waals surface area (Å²) in [5.74, 6) is 0.946. The molecule has 1 saturated heterocycles. The van der Waals surface area contributed by atoms with E-state index in [4.69, 9.17) is 4.74 Å². The summed E-state index contributed by atoms with van der Waals surface area (Å²) >= 11 is 0. The highest BCUT2D eigenvalue weighted by atomic mass is 16.5. The topological polar surface area (TPSA) is 35.9 Å². The van der Waals surface area contributed by atoms with Crippen LogP contribution in [0.15, 0.2) is 24.3 Å². The summed E-state index contributed by atoms with van der Waals surface area (Å²) in [6, 6.07) is 8.20. The second kappa shape index (κ2) is 7.25. The average molecular weight is 292 g/mol. The van der Waals surface area contributed by atoms with E-state index in [2.05, 4.69) is 28.9 Å². The smallest absolute Gasteiger partial charge is 0.119 e. The summed E-state index contributed by atoms with van der Waals surface area (Å²) in [5, 5.41) is 9.85. The van der Waals surface area contributed by atoms with Crippen LogP contribution in [0.3, 0.4) is 0 Å². The number of hydrogen-bond donors (Lipinski definition) is 1. The number of piperazine rings is 1. The van der Waals surface area contributed by atoms with Crippen LogP contribution in [0.2, 0.25) is 0 Å². The maximum absolute atomic E-state index is 9.85. The second-order valence-corrected chi connectivity index (χ2v) is 6.59. The molecule has 1 aromatic rings. The Balaban J connectivity index is 1.64. The first-order chi connectivity index (χ1) is 9.92. The Morgan fingerprint density at radius 3 is 2.19 bits per heavy atom. The third-order valence-electron chi connectivity index (χ3n) is 3.77. The van der Waals surface area contributed by atoms with E-state index in [1.54, 1.807) is 0 Å². The van der Waals surface area contributed by atoms with E-state index in [9.17, 15) is 5.11 Å². The number of aryl methyl sites for hydroxylation is 1. The highest BCUT2D eigenvalue weighted by molar-refractivity contribution is 5.26. The lowest BCUT2D eigenvalue weighted by Crippen LogP contribution is -2.51. The monoisotopic (exact) mass is 292 g/mol. The zero-order valence-electron chi connectivity index (χ0n) is 13.5. The predicted octanol–water partition coefficient (Wildman–Crippen LogP) is 1.76. The molecular weight excluding hydrogens is 264 g/mol. The van der Waals surface area contributed by atoms with Crippen LogP contribution < -0.4 is 4.74 Å². The summed E-state index contributed by atoms with van der Waals surface area (Å²) in [4.78, 5) is 4.76. The summed E-state index contributed by atoms with van der Waals surface area (Å²) in [6.45, 7) is 12.4. The first kappa shape index (κ1) is 16.3. The van der Waals surface area contributed by atoms with Crippen molar-refractivity contribution in [2.75, 3.05) is 45.9 Å². The summed E-state index contributed by atoms with van der Waals surface area (Å²) in [7, 11) is 0. The van der Waals surface area contributed by atoms with E-state index in [1.165, 1.54) is 5.56 Å². The van der Waals surface area contributed by atoms with Crippen molar-refractivity contribution in [1.82, 2.24) is 9.80 Å². The Kier molecular flexibility index (Phi) is 5.62. The van der Waals surface area contributed by atoms with Gasteiger partial charge in [0.1, 0.15) is 12.4 Å². The van der Waals surface area contributed by atoms with Crippen LogP contribution in [0, 0.1) is 6.92 Å². The van der Waals surface area contributed by atoms with Crippen molar-refractivity contribution in [2.24, 2.45) is 0 Å². The Hall–Kier alpha value is -1.10. The van der Waals surface area contributed by atoms with Crippen LogP contribution in [0.25, 0.3) is 0 Å². The van der Waals surface area contributed by atoms with Crippen LogP contribution >= 0.6 is 0 Å². The van der Waals surface area contributed by atoms with Gasteiger partial charge in [-0.3, -0.25) is 9.80 Å². The van der Waals surface area contributed by atoms with Crippen LogP contribution in [-0.2, 0) is 0 Å². The third kappa shape index (κ3) is 6.04. The van der Waals surface area contributed by atoms with Crippen molar-refractivity contribution >= 4 is 0 Å². The minimum Gasteiger partial charge on any atom is -0.492 e. The highest BCUT2D eigenvalue weighted by Gasteiger charge is 2.22. The number of aliphatic hydroxyl groups is 1. The van der Waals surface area contributed by atoms with E-state index in [1.807, 2.05) is 26.0 Å². The van der Waals surface area contributed by atoms with Crippen LogP contribution in [0.5, 0.6) is 5.75 Å². The molecule has 0 bridgehead atoms. The van der Waals surface area contributed by atoms with Gasteiger partial charge in [-0.05, 0) is 32.9 Å². The Morgan fingerprint density at radius 2 is 1.62 bits per heavy atom. The molecule has 4 heteroatoms. The molecule has 0 aliphatic carbocycles. The first-order valence-electron chi connectivity index (χ1n) is 7.79. The molecule has 0 unspecified atom stereocenters. The number of benzene rings is 1. The number of nitrogens with zero attached hydrogens (tertiary/aromatic N) is 2. The summed E-state index contributed by atoms with van der Waals surface area (Å²) < 4.78 is 5.78. The fraction of sp³-hybridized carbons (Fsp3) is 0.647. The molecule has 0 saturated carbocycles. The van der Waals surface area contributed by atoms with E-state index >= 15 is 0 Å². The SMILES string of the molecule is Cc1ccc(OCCN2CCN(CC(C)(C)O)CC2)cc1. The van der Waals surface area contributed by atoms with Crippen LogP contribution in [0.1, 0.15) is 19.4 Å². The quantitative estimate of drug-likeness (QED) is 0.867. The third-order valence-corrected chi connectivity index (χ3v) is 3.77. The Labute approximate surface area is 128 Å². The van der Waals surface area contributed by atoms with Crippen molar-refractivity contribution in [3.05, 3.63) is 29.8 Å². The van der Waals surface area contributed by atoms with Gasteiger partial charge in [-0.1, -0.05) is 17.7 Å². The molecule has 1 heterocycles. The van der Waals surface area contributed by atoms with Gasteiger partial charge in [0, 0.05) is 39.3 Å². The van der Waals surface area contributed by atoms with Gasteiger partial charge in [0.25, 0.3) is 0 Å². The van der Waals surface area contributed by atoms with Gasteiger partial charge in [0.05, 0.1) is 5.60 Å². The molecule has 1 aromatic carbocycles. The number of ether oxygens (including phenoxy) is 1. The molecule has 1 aliphatic heterocycles. The molecule has 0 spiro atoms. The Bertz CT molecular complexity index is 417. The molecule has 1 fully saturated rings. The van der Waals surface area contributed by atoms with Crippen LogP contribution in [-0.4, -0.2) is 66.4 Å². The molecule has 1 aliphatic rings. The molecule has 2 rings (SSSR count). The van der Waals surface area contributed by atoms with Gasteiger partial charge >= 0.3 is 0 Å². The second-order valence-electron chi connectivity index (χ2n) is 6.59. The van der Waals surface area contributed by atoms with Gasteiger partial charge in [-0.2, -0.15) is 0 Å². The fourth-order valence-electron chi connectivity index (χ4n) is 2.65. The predicted molar refractivity (Wildman–Crippen MR) is 85.9 cm³/mol. The van der Waals surface area contributed by atoms with E-state index < -0.39 is 5.60 Å². The Morgan fingerprint density at radius 1 is 1.05 bits per heavy atom. The largest absolute Gasteiger partial charge is 0.492 e. The maximum Gasteiger partial charge on any atom is 0.119 e. The van der Waals surface area contributed by atoms with E-state index in [-0.39, 0.29) is 0 Å². The summed E-state index contributed by atoms with van der Waals surface area (Å²) in [5.41, 5.74) is 0.654. The molecule has 21 heavy (non-hydrogen) atoms. The van der Waals surface area contributed by atoms with Crippen molar-refractivity contribution in [1.29, 1.82) is 0 Å². The molecule has 0 aromatic heterocycles. The van der Waals surface area contributed by atoms with Gasteiger partial charge in [-0.25, -0.2) is 0 Å². The average Bonchev–Trinajstić information content (AvgIpc) is 2.41. The molecule has 1 N–H and O–H groups in total. The number of β-amino-alcohol motifs (C(OH)–C–C–N with tert-alkyl or cyclic N) is 1. The van der Waals surface area contributed by atoms with Gasteiger partial charge in [0.2, 0.25) is 0 Å². The fourth-order valence-corrected chi connectivity index (χ4v) is 2.65. The normalized spacial score (nSPS) is 17.9. The first-order valence-corrected chi connectivity index (χ1v) is 7.79. The van der Waals surface area contributed by atoms with Gasteiger partial charge in [0.15, 0.2) is 0 Å². The molecule has 0 atom stereocenters. The lowest BCUT2D eigenvalue weighted by molar-refractivity contribution is 0.0162. The number of rotatable bonds is 6. The van der Waals surface area contributed by atoms with Crippen molar-refractivity contribution < 1.29 is 9.84 Å². The minimum absolute atomic E-state index is 0.600. The summed E-state index contributed by atoms with van der Waals surface area (Å²) in [6.07, 6.45) is 0. The lowest BCUT2D eigenvalue weighted by Gasteiger charge is -2.37. The van der Waals surface area contributed by atoms with Gasteiger partial charge in [-0.15, -0.1) is 0 Å². The van der Waals surface area contributed by atoms with E-state index in [0.717, 1.165) is 51.6 Å². The zero-order chi connectivity index (χ0) is 15.3. The maximum atomic E-state index is 9.85. The highest BCUT2D eigenvalue weighted by Crippen LogP contribution is 2.12. The van der Waals surface area contributed by atoms with Crippen molar-refractivity contribution in [2.45, 2.75) is 26.4 Å². The molecule has 0 amide bonds. The van der Waals surface area contributed by atoms with E-state index in [0.29, 0.717) is 0 Å². The molecule has 4 nitrogen and oxygen atoms in total. The molecule has 118 valence electrons. The zero-order valence-corrected chi connectivity index (χ0v) is 13.5. The minimum atomic E-state index is -0.600. The number of hydrogen-bond acceptors (Lipinski definition) is 4. The van der Waals surface area contributed by atoms with Crippen molar-refractivity contribution in [3.8, 4) is 5.75 Å². The lowest BCUT2D eigenvalue weighted by atomic mass is 10.1. The molecule has 0 radical (unpaired) electrons. The van der Waals surface area contributed by atoms with Crippen LogP contribution in [0.4, 0.5) is 0 Å².